The number of aromatic nitrogens is 3. The fourth-order valence-electron chi connectivity index (χ4n) is 2.00. The van der Waals surface area contributed by atoms with Crippen LogP contribution in [0.4, 0.5) is 10.1 Å². The van der Waals surface area contributed by atoms with Crippen LogP contribution in [0, 0.1) is 5.95 Å². The van der Waals surface area contributed by atoms with Crippen LogP contribution in [0.15, 0.2) is 48.2 Å². The summed E-state index contributed by atoms with van der Waals surface area (Å²) in [6.07, 6.45) is 5.15. The van der Waals surface area contributed by atoms with Crippen LogP contribution in [0.3, 0.4) is 0 Å². The van der Waals surface area contributed by atoms with Crippen molar-refractivity contribution in [2.75, 3.05) is 5.32 Å². The number of thiophene rings is 1. The second-order valence-electron chi connectivity index (χ2n) is 4.36. The first kappa shape index (κ1) is 12.8. The summed E-state index contributed by atoms with van der Waals surface area (Å²) in [6.45, 7) is 0. The highest BCUT2D eigenvalue weighted by Crippen LogP contribution is 2.28. The fraction of sp³-hybridized carbons (Fsp3) is 0.143. The Hall–Kier alpha value is -2.21. The van der Waals surface area contributed by atoms with Gasteiger partial charge in [-0.2, -0.15) is 4.39 Å². The predicted molar refractivity (Wildman–Crippen MR) is 77.2 cm³/mol. The molecule has 0 bridgehead atoms. The van der Waals surface area contributed by atoms with Gasteiger partial charge in [-0.1, -0.05) is 6.07 Å². The number of hydrogen-bond donors (Lipinski definition) is 1. The van der Waals surface area contributed by atoms with Gasteiger partial charge in [0.15, 0.2) is 0 Å². The Balaban J connectivity index is 1.94. The smallest absolute Gasteiger partial charge is 0.212 e. The van der Waals surface area contributed by atoms with Crippen molar-refractivity contribution in [3.05, 3.63) is 64.9 Å². The Morgan fingerprint density at radius 3 is 2.80 bits per heavy atom. The summed E-state index contributed by atoms with van der Waals surface area (Å²) < 4.78 is 14.8. The molecule has 1 unspecified atom stereocenters. The molecule has 102 valence electrons. The number of pyridine rings is 1. The van der Waals surface area contributed by atoms with Gasteiger partial charge in [-0.3, -0.25) is 0 Å². The first-order valence-corrected chi connectivity index (χ1v) is 7.01. The largest absolute Gasteiger partial charge is 0.370 e. The van der Waals surface area contributed by atoms with Gasteiger partial charge < -0.3 is 9.88 Å². The molecule has 0 aliphatic rings. The van der Waals surface area contributed by atoms with Crippen molar-refractivity contribution >= 4 is 17.0 Å². The number of halogens is 1. The van der Waals surface area contributed by atoms with E-state index in [2.05, 4.69) is 15.3 Å². The van der Waals surface area contributed by atoms with Crippen molar-refractivity contribution in [2.24, 2.45) is 7.05 Å². The number of rotatable bonds is 4. The summed E-state index contributed by atoms with van der Waals surface area (Å²) in [5, 5.41) is 5.37. The van der Waals surface area contributed by atoms with Gasteiger partial charge in [-0.05, 0) is 23.6 Å². The number of hydrogen-bond acceptors (Lipinski definition) is 4. The summed E-state index contributed by atoms with van der Waals surface area (Å²) in [5.74, 6) is 0.414. The zero-order valence-electron chi connectivity index (χ0n) is 10.8. The van der Waals surface area contributed by atoms with Crippen LogP contribution < -0.4 is 5.32 Å². The van der Waals surface area contributed by atoms with Gasteiger partial charge in [0.25, 0.3) is 0 Å². The molecule has 20 heavy (non-hydrogen) atoms. The maximum atomic E-state index is 12.9. The minimum Gasteiger partial charge on any atom is -0.370 e. The first-order chi connectivity index (χ1) is 9.74. The van der Waals surface area contributed by atoms with Crippen LogP contribution in [0.2, 0.25) is 0 Å². The normalized spacial score (nSPS) is 12.3. The first-order valence-electron chi connectivity index (χ1n) is 6.13. The molecule has 0 aliphatic heterocycles. The van der Waals surface area contributed by atoms with E-state index >= 15 is 0 Å². The van der Waals surface area contributed by atoms with Gasteiger partial charge in [0.1, 0.15) is 11.9 Å². The van der Waals surface area contributed by atoms with Crippen molar-refractivity contribution in [1.29, 1.82) is 0 Å². The number of imidazole rings is 1. The van der Waals surface area contributed by atoms with E-state index in [4.69, 9.17) is 0 Å². The molecular formula is C14H13FN4S. The van der Waals surface area contributed by atoms with Gasteiger partial charge in [0.05, 0.1) is 11.9 Å². The summed E-state index contributed by atoms with van der Waals surface area (Å²) in [6, 6.07) is 6.98. The minimum absolute atomic E-state index is 0.0812. The van der Waals surface area contributed by atoms with Gasteiger partial charge in [0.2, 0.25) is 5.95 Å². The average molecular weight is 288 g/mol. The van der Waals surface area contributed by atoms with Gasteiger partial charge in [-0.25, -0.2) is 9.97 Å². The molecule has 0 amide bonds. The van der Waals surface area contributed by atoms with E-state index in [-0.39, 0.29) is 6.04 Å². The topological polar surface area (TPSA) is 42.7 Å². The van der Waals surface area contributed by atoms with E-state index in [0.29, 0.717) is 0 Å². The van der Waals surface area contributed by atoms with E-state index in [1.54, 1.807) is 23.6 Å². The molecule has 4 nitrogen and oxygen atoms in total. The van der Waals surface area contributed by atoms with Crippen molar-refractivity contribution in [3.8, 4) is 0 Å². The van der Waals surface area contributed by atoms with Crippen LogP contribution in [-0.2, 0) is 7.05 Å². The van der Waals surface area contributed by atoms with Crippen molar-refractivity contribution in [1.82, 2.24) is 14.5 Å². The highest BCUT2D eigenvalue weighted by Gasteiger charge is 2.19. The average Bonchev–Trinajstić information content (AvgIpc) is 3.10. The van der Waals surface area contributed by atoms with E-state index in [9.17, 15) is 4.39 Å². The van der Waals surface area contributed by atoms with Gasteiger partial charge in [-0.15, -0.1) is 11.3 Å². The summed E-state index contributed by atoms with van der Waals surface area (Å²) >= 11 is 1.65. The molecule has 6 heteroatoms. The zero-order chi connectivity index (χ0) is 13.9. The molecule has 0 fully saturated rings. The number of nitrogens with zero attached hydrogens (tertiary/aromatic N) is 3. The van der Waals surface area contributed by atoms with Gasteiger partial charge in [0, 0.05) is 24.3 Å². The molecule has 1 N–H and O–H groups in total. The lowest BCUT2D eigenvalue weighted by Gasteiger charge is -2.18. The van der Waals surface area contributed by atoms with E-state index in [1.165, 1.54) is 12.3 Å². The third kappa shape index (κ3) is 2.55. The van der Waals surface area contributed by atoms with E-state index < -0.39 is 5.95 Å². The third-order valence-electron chi connectivity index (χ3n) is 2.98. The lowest BCUT2D eigenvalue weighted by atomic mass is 10.2. The Morgan fingerprint density at radius 1 is 1.30 bits per heavy atom. The molecule has 0 saturated heterocycles. The minimum atomic E-state index is -0.486. The summed E-state index contributed by atoms with van der Waals surface area (Å²) in [4.78, 5) is 9.20. The molecule has 3 heterocycles. The zero-order valence-corrected chi connectivity index (χ0v) is 11.6. The number of nitrogens with one attached hydrogen (secondary N) is 1. The quantitative estimate of drug-likeness (QED) is 0.750. The van der Waals surface area contributed by atoms with Crippen molar-refractivity contribution in [3.63, 3.8) is 0 Å². The summed E-state index contributed by atoms with van der Waals surface area (Å²) in [5.41, 5.74) is 0.757. The van der Waals surface area contributed by atoms with Crippen molar-refractivity contribution < 1.29 is 4.39 Å². The highest BCUT2D eigenvalue weighted by molar-refractivity contribution is 7.10. The highest BCUT2D eigenvalue weighted by atomic mass is 32.1. The molecule has 0 radical (unpaired) electrons. The molecule has 3 aromatic heterocycles. The van der Waals surface area contributed by atoms with Crippen LogP contribution in [0.25, 0.3) is 0 Å². The van der Waals surface area contributed by atoms with Crippen LogP contribution >= 0.6 is 11.3 Å². The van der Waals surface area contributed by atoms with Crippen LogP contribution in [0.1, 0.15) is 16.7 Å². The second-order valence-corrected chi connectivity index (χ2v) is 5.34. The van der Waals surface area contributed by atoms with Gasteiger partial charge >= 0.3 is 0 Å². The lowest BCUT2D eigenvalue weighted by molar-refractivity contribution is 0.584. The molecule has 3 aromatic rings. The Morgan fingerprint density at radius 2 is 2.20 bits per heavy atom. The maximum Gasteiger partial charge on any atom is 0.212 e. The third-order valence-corrected chi connectivity index (χ3v) is 3.92. The molecule has 0 saturated carbocycles. The van der Waals surface area contributed by atoms with Crippen molar-refractivity contribution in [2.45, 2.75) is 6.04 Å². The van der Waals surface area contributed by atoms with E-state index in [1.807, 2.05) is 35.3 Å². The fourth-order valence-corrected chi connectivity index (χ4v) is 2.77. The molecule has 3 rings (SSSR count). The summed E-state index contributed by atoms with van der Waals surface area (Å²) in [7, 11) is 1.95. The predicted octanol–water partition coefficient (Wildman–Crippen LogP) is 3.22. The molecule has 1 atom stereocenters. The molecule has 0 aromatic carbocycles. The standard InChI is InChI=1S/C14H13FN4S/c1-19-7-6-16-14(19)13(11-3-2-8-20-11)18-10-4-5-12(15)17-9-10/h2-9,13,18H,1H3. The second kappa shape index (κ2) is 5.42. The molecular weight excluding hydrogens is 275 g/mol. The van der Waals surface area contributed by atoms with Crippen LogP contribution in [0.5, 0.6) is 0 Å². The maximum absolute atomic E-state index is 12.9. The monoisotopic (exact) mass is 288 g/mol. The SMILES string of the molecule is Cn1ccnc1C(Nc1ccc(F)nc1)c1cccs1. The molecule has 0 aliphatic carbocycles. The molecule has 0 spiro atoms. The van der Waals surface area contributed by atoms with E-state index in [0.717, 1.165) is 16.4 Å². The Kier molecular flexibility index (Phi) is 3.47. The lowest BCUT2D eigenvalue weighted by Crippen LogP contribution is -2.15. The Labute approximate surface area is 119 Å². The Bertz CT molecular complexity index is 676. The number of aryl methyl sites for hydroxylation is 1. The van der Waals surface area contributed by atoms with Crippen LogP contribution in [-0.4, -0.2) is 14.5 Å². The number of anilines is 1.